The minimum Gasteiger partial charge on any atom is -0.484 e. The van der Waals surface area contributed by atoms with Crippen molar-refractivity contribution >= 4 is 5.91 Å². The average molecular weight is 384 g/mol. The maximum absolute atomic E-state index is 12.7. The van der Waals surface area contributed by atoms with Gasteiger partial charge < -0.3 is 18.8 Å². The summed E-state index contributed by atoms with van der Waals surface area (Å²) >= 11 is 0. The van der Waals surface area contributed by atoms with Gasteiger partial charge in [-0.1, -0.05) is 6.07 Å². The Hall–Kier alpha value is -2.55. The quantitative estimate of drug-likeness (QED) is 0.807. The number of aromatic nitrogens is 1. The largest absolute Gasteiger partial charge is 0.484 e. The minimum absolute atomic E-state index is 0.0340. The van der Waals surface area contributed by atoms with Crippen LogP contribution in [0.25, 0.3) is 0 Å². The van der Waals surface area contributed by atoms with E-state index < -0.39 is 11.7 Å². The van der Waals surface area contributed by atoms with Gasteiger partial charge in [0.1, 0.15) is 12.0 Å². The first-order chi connectivity index (χ1) is 12.7. The van der Waals surface area contributed by atoms with Crippen LogP contribution in [0.3, 0.4) is 0 Å². The summed E-state index contributed by atoms with van der Waals surface area (Å²) in [5.74, 6) is -0.150. The summed E-state index contributed by atoms with van der Waals surface area (Å²) in [4.78, 5) is 18.2. The number of carbonyl (C=O) groups is 1. The Balaban J connectivity index is 1.62. The molecule has 2 atom stereocenters. The fraction of sp³-hybridized carbons (Fsp3) is 0.444. The second-order valence-corrected chi connectivity index (χ2v) is 6.41. The highest BCUT2D eigenvalue weighted by atomic mass is 19.4. The number of benzene rings is 1. The highest BCUT2D eigenvalue weighted by Gasteiger charge is 2.31. The van der Waals surface area contributed by atoms with Gasteiger partial charge >= 0.3 is 6.18 Å². The van der Waals surface area contributed by atoms with Crippen molar-refractivity contribution in [3.63, 3.8) is 0 Å². The van der Waals surface area contributed by atoms with Crippen LogP contribution in [-0.2, 0) is 17.5 Å². The van der Waals surface area contributed by atoms with Crippen LogP contribution in [-0.4, -0.2) is 41.1 Å². The van der Waals surface area contributed by atoms with Crippen molar-refractivity contribution in [3.8, 4) is 5.75 Å². The number of halogens is 3. The number of nitrogens with zero attached hydrogens (tertiary/aromatic N) is 2. The molecule has 0 N–H and O–H groups in total. The van der Waals surface area contributed by atoms with Crippen LogP contribution in [0.15, 0.2) is 34.9 Å². The summed E-state index contributed by atoms with van der Waals surface area (Å²) in [6, 6.07) is 4.51. The van der Waals surface area contributed by atoms with Crippen molar-refractivity contribution in [2.24, 2.45) is 0 Å². The molecule has 1 aromatic carbocycles. The summed E-state index contributed by atoms with van der Waals surface area (Å²) < 4.78 is 54.3. The fourth-order valence-electron chi connectivity index (χ4n) is 2.89. The van der Waals surface area contributed by atoms with Gasteiger partial charge in [0.05, 0.1) is 17.8 Å². The van der Waals surface area contributed by atoms with E-state index in [-0.39, 0.29) is 42.1 Å². The summed E-state index contributed by atoms with van der Waals surface area (Å²) in [6.07, 6.45) is -3.38. The Morgan fingerprint density at radius 3 is 2.67 bits per heavy atom. The second-order valence-electron chi connectivity index (χ2n) is 6.41. The molecule has 1 fully saturated rings. The molecule has 0 saturated carbocycles. The summed E-state index contributed by atoms with van der Waals surface area (Å²) in [6.45, 7) is 4.48. The molecule has 1 saturated heterocycles. The Bertz CT molecular complexity index is 796. The SMILES string of the molecule is C[C@@H]1CN(C(=O)c2coc(COc3cccc(C(F)(F)F)c3)n2)C[C@H](C)O1. The lowest BCUT2D eigenvalue weighted by Gasteiger charge is -2.34. The molecule has 27 heavy (non-hydrogen) atoms. The predicted molar refractivity (Wildman–Crippen MR) is 88.2 cm³/mol. The number of oxazole rings is 1. The first-order valence-electron chi connectivity index (χ1n) is 8.41. The number of ether oxygens (including phenoxy) is 2. The average Bonchev–Trinajstić information content (AvgIpc) is 3.07. The van der Waals surface area contributed by atoms with E-state index >= 15 is 0 Å². The van der Waals surface area contributed by atoms with Gasteiger partial charge in [0.25, 0.3) is 5.91 Å². The number of hydrogen-bond donors (Lipinski definition) is 0. The highest BCUT2D eigenvalue weighted by molar-refractivity contribution is 5.92. The first kappa shape index (κ1) is 19.2. The Labute approximate surface area is 153 Å². The lowest BCUT2D eigenvalue weighted by atomic mass is 10.2. The summed E-state index contributed by atoms with van der Waals surface area (Å²) in [5, 5.41) is 0. The summed E-state index contributed by atoms with van der Waals surface area (Å²) in [7, 11) is 0. The van der Waals surface area contributed by atoms with Crippen molar-refractivity contribution in [1.29, 1.82) is 0 Å². The molecule has 2 aromatic rings. The molecular weight excluding hydrogens is 365 g/mol. The summed E-state index contributed by atoms with van der Waals surface area (Å²) in [5.41, 5.74) is -0.683. The zero-order chi connectivity index (χ0) is 19.6. The van der Waals surface area contributed by atoms with Crippen LogP contribution < -0.4 is 4.74 Å². The van der Waals surface area contributed by atoms with E-state index in [1.165, 1.54) is 18.4 Å². The van der Waals surface area contributed by atoms with E-state index in [2.05, 4.69) is 4.98 Å². The number of rotatable bonds is 4. The number of carbonyl (C=O) groups excluding carboxylic acids is 1. The van der Waals surface area contributed by atoms with Gasteiger partial charge in [0.2, 0.25) is 5.89 Å². The van der Waals surface area contributed by atoms with Gasteiger partial charge in [0, 0.05) is 13.1 Å². The monoisotopic (exact) mass is 384 g/mol. The molecule has 1 amide bonds. The molecule has 1 aliphatic heterocycles. The number of amides is 1. The van der Waals surface area contributed by atoms with Crippen molar-refractivity contribution in [1.82, 2.24) is 9.88 Å². The van der Waals surface area contributed by atoms with Crippen molar-refractivity contribution < 1.29 is 31.9 Å². The molecule has 1 aromatic heterocycles. The van der Waals surface area contributed by atoms with Crippen LogP contribution in [0.4, 0.5) is 13.2 Å². The first-order valence-corrected chi connectivity index (χ1v) is 8.41. The highest BCUT2D eigenvalue weighted by Crippen LogP contribution is 2.31. The van der Waals surface area contributed by atoms with Gasteiger partial charge in [-0.2, -0.15) is 13.2 Å². The molecule has 1 aliphatic rings. The van der Waals surface area contributed by atoms with Crippen LogP contribution in [0.1, 0.15) is 35.8 Å². The van der Waals surface area contributed by atoms with Gasteiger partial charge in [0.15, 0.2) is 12.3 Å². The third kappa shape index (κ3) is 4.79. The van der Waals surface area contributed by atoms with Gasteiger partial charge in [-0.05, 0) is 32.0 Å². The molecule has 0 spiro atoms. The molecule has 6 nitrogen and oxygen atoms in total. The second kappa shape index (κ2) is 7.59. The molecular formula is C18H19F3N2O4. The van der Waals surface area contributed by atoms with Crippen molar-refractivity contribution in [3.05, 3.63) is 47.7 Å². The topological polar surface area (TPSA) is 64.8 Å². The van der Waals surface area contributed by atoms with Crippen LogP contribution in [0.2, 0.25) is 0 Å². The van der Waals surface area contributed by atoms with E-state index in [1.807, 2.05) is 13.8 Å². The zero-order valence-electron chi connectivity index (χ0n) is 14.8. The maximum atomic E-state index is 12.7. The van der Waals surface area contributed by atoms with E-state index in [4.69, 9.17) is 13.9 Å². The molecule has 0 bridgehead atoms. The molecule has 0 radical (unpaired) electrons. The van der Waals surface area contributed by atoms with Crippen molar-refractivity contribution in [2.75, 3.05) is 13.1 Å². The Morgan fingerprint density at radius 1 is 1.30 bits per heavy atom. The molecule has 0 unspecified atom stereocenters. The van der Waals surface area contributed by atoms with E-state index in [0.29, 0.717) is 13.1 Å². The Morgan fingerprint density at radius 2 is 2.00 bits per heavy atom. The molecule has 2 heterocycles. The van der Waals surface area contributed by atoms with E-state index in [9.17, 15) is 18.0 Å². The fourth-order valence-corrected chi connectivity index (χ4v) is 2.89. The third-order valence-corrected chi connectivity index (χ3v) is 4.00. The number of morpholine rings is 1. The number of hydrogen-bond acceptors (Lipinski definition) is 5. The van der Waals surface area contributed by atoms with Gasteiger partial charge in [-0.25, -0.2) is 4.98 Å². The standard InChI is InChI=1S/C18H19F3N2O4/c1-11-7-23(8-12(2)27-11)17(24)15-9-26-16(22-15)10-25-14-5-3-4-13(6-14)18(19,20)21/h3-6,9,11-12H,7-8,10H2,1-2H3/t11-,12+. The third-order valence-electron chi connectivity index (χ3n) is 4.00. The van der Waals surface area contributed by atoms with Gasteiger partial charge in [-0.15, -0.1) is 0 Å². The Kier molecular flexibility index (Phi) is 5.41. The molecule has 9 heteroatoms. The zero-order valence-corrected chi connectivity index (χ0v) is 14.8. The predicted octanol–water partition coefficient (Wildman–Crippen LogP) is 3.52. The van der Waals surface area contributed by atoms with Crippen LogP contribution in [0.5, 0.6) is 5.75 Å². The molecule has 0 aliphatic carbocycles. The minimum atomic E-state index is -4.45. The van der Waals surface area contributed by atoms with Crippen LogP contribution in [0, 0.1) is 0 Å². The van der Waals surface area contributed by atoms with Crippen molar-refractivity contribution in [2.45, 2.75) is 38.8 Å². The van der Waals surface area contributed by atoms with E-state index in [0.717, 1.165) is 12.1 Å². The lowest BCUT2D eigenvalue weighted by Crippen LogP contribution is -2.48. The van der Waals surface area contributed by atoms with E-state index in [1.54, 1.807) is 4.90 Å². The van der Waals surface area contributed by atoms with Crippen LogP contribution >= 0.6 is 0 Å². The normalized spacial score (nSPS) is 20.6. The lowest BCUT2D eigenvalue weighted by molar-refractivity contribution is -0.137. The maximum Gasteiger partial charge on any atom is 0.416 e. The molecule has 3 rings (SSSR count). The smallest absolute Gasteiger partial charge is 0.416 e. The molecule has 146 valence electrons. The van der Waals surface area contributed by atoms with Gasteiger partial charge in [-0.3, -0.25) is 4.79 Å². The number of alkyl halides is 3.